The molecule has 1 saturated heterocycles. The second-order valence-corrected chi connectivity index (χ2v) is 4.91. The van der Waals surface area contributed by atoms with E-state index in [2.05, 4.69) is 20.7 Å². The summed E-state index contributed by atoms with van der Waals surface area (Å²) in [4.78, 5) is 1.86. The van der Waals surface area contributed by atoms with Gasteiger partial charge in [-0.3, -0.25) is 0 Å². The molecule has 2 heterocycles. The summed E-state index contributed by atoms with van der Waals surface area (Å²) in [6.45, 7) is 1.09. The molecular formula is C11H19N5. The SMILES string of the molecule is C1CCC(n2nnc(C3CCCN3)n2)CC1. The lowest BCUT2D eigenvalue weighted by Crippen LogP contribution is -2.17. The van der Waals surface area contributed by atoms with Gasteiger partial charge in [-0.05, 0) is 37.4 Å². The Morgan fingerprint density at radius 3 is 2.69 bits per heavy atom. The third kappa shape index (κ3) is 1.96. The Hall–Kier alpha value is -0.970. The molecule has 0 radical (unpaired) electrons. The highest BCUT2D eigenvalue weighted by Crippen LogP contribution is 2.27. The van der Waals surface area contributed by atoms with Gasteiger partial charge in [-0.15, -0.1) is 10.2 Å². The Bertz CT molecular complexity index is 336. The van der Waals surface area contributed by atoms with Crippen LogP contribution in [0.15, 0.2) is 0 Å². The third-order valence-corrected chi connectivity index (χ3v) is 3.72. The maximum atomic E-state index is 4.55. The van der Waals surface area contributed by atoms with Gasteiger partial charge in [0.2, 0.25) is 0 Å². The van der Waals surface area contributed by atoms with Gasteiger partial charge in [0.1, 0.15) is 0 Å². The van der Waals surface area contributed by atoms with Gasteiger partial charge in [-0.1, -0.05) is 19.3 Å². The van der Waals surface area contributed by atoms with Crippen LogP contribution >= 0.6 is 0 Å². The molecule has 88 valence electrons. The van der Waals surface area contributed by atoms with E-state index in [-0.39, 0.29) is 0 Å². The molecule has 1 atom stereocenters. The summed E-state index contributed by atoms with van der Waals surface area (Å²) in [6, 6.07) is 0.841. The van der Waals surface area contributed by atoms with E-state index in [4.69, 9.17) is 0 Å². The molecule has 1 N–H and O–H groups in total. The zero-order chi connectivity index (χ0) is 10.8. The molecule has 0 amide bonds. The van der Waals surface area contributed by atoms with Crippen molar-refractivity contribution >= 4 is 0 Å². The normalized spacial score (nSPS) is 27.4. The van der Waals surface area contributed by atoms with E-state index < -0.39 is 0 Å². The minimum atomic E-state index is 0.345. The van der Waals surface area contributed by atoms with Crippen LogP contribution in [-0.2, 0) is 0 Å². The van der Waals surface area contributed by atoms with Crippen molar-refractivity contribution in [2.45, 2.75) is 57.0 Å². The second-order valence-electron chi connectivity index (χ2n) is 4.91. The smallest absolute Gasteiger partial charge is 0.191 e. The summed E-state index contributed by atoms with van der Waals surface area (Å²) >= 11 is 0. The molecule has 0 bridgehead atoms. The highest BCUT2D eigenvalue weighted by Gasteiger charge is 2.23. The Morgan fingerprint density at radius 1 is 1.06 bits per heavy atom. The number of rotatable bonds is 2. The highest BCUT2D eigenvalue weighted by atomic mass is 15.6. The van der Waals surface area contributed by atoms with E-state index in [1.165, 1.54) is 38.5 Å². The Balaban J connectivity index is 1.71. The fraction of sp³-hybridized carbons (Fsp3) is 0.909. The standard InChI is InChI=1S/C11H19N5/c1-2-5-9(6-3-1)16-14-11(13-15-16)10-7-4-8-12-10/h9-10,12H,1-8H2. The molecule has 16 heavy (non-hydrogen) atoms. The molecule has 1 aliphatic carbocycles. The van der Waals surface area contributed by atoms with E-state index in [9.17, 15) is 0 Å². The van der Waals surface area contributed by atoms with Gasteiger partial charge in [-0.2, -0.15) is 4.80 Å². The molecule has 5 heteroatoms. The van der Waals surface area contributed by atoms with Crippen LogP contribution in [-0.4, -0.2) is 26.8 Å². The van der Waals surface area contributed by atoms with Gasteiger partial charge in [0.15, 0.2) is 5.82 Å². The van der Waals surface area contributed by atoms with E-state index >= 15 is 0 Å². The van der Waals surface area contributed by atoms with Gasteiger partial charge < -0.3 is 5.32 Å². The first kappa shape index (κ1) is 10.2. The lowest BCUT2D eigenvalue weighted by Gasteiger charge is -2.19. The Morgan fingerprint density at radius 2 is 1.94 bits per heavy atom. The highest BCUT2D eigenvalue weighted by molar-refractivity contribution is 4.93. The number of tetrazole rings is 1. The number of hydrogen-bond acceptors (Lipinski definition) is 4. The van der Waals surface area contributed by atoms with Crippen molar-refractivity contribution in [1.82, 2.24) is 25.5 Å². The number of hydrogen-bond donors (Lipinski definition) is 1. The van der Waals surface area contributed by atoms with Crippen LogP contribution in [0.5, 0.6) is 0 Å². The first-order valence-electron chi connectivity index (χ1n) is 6.46. The lowest BCUT2D eigenvalue weighted by molar-refractivity contribution is 0.296. The minimum absolute atomic E-state index is 0.345. The topological polar surface area (TPSA) is 55.6 Å². The largest absolute Gasteiger partial charge is 0.307 e. The molecule has 1 saturated carbocycles. The first-order valence-corrected chi connectivity index (χ1v) is 6.46. The Labute approximate surface area is 95.6 Å². The van der Waals surface area contributed by atoms with Crippen LogP contribution in [0.25, 0.3) is 0 Å². The van der Waals surface area contributed by atoms with Crippen molar-refractivity contribution in [2.75, 3.05) is 6.54 Å². The van der Waals surface area contributed by atoms with Gasteiger partial charge >= 0.3 is 0 Å². The summed E-state index contributed by atoms with van der Waals surface area (Å²) in [5.74, 6) is 0.892. The maximum Gasteiger partial charge on any atom is 0.191 e. The molecule has 2 aliphatic rings. The summed E-state index contributed by atoms with van der Waals surface area (Å²) in [5, 5.41) is 16.4. The van der Waals surface area contributed by atoms with Crippen molar-refractivity contribution in [3.05, 3.63) is 5.82 Å². The number of aromatic nitrogens is 4. The van der Waals surface area contributed by atoms with Crippen molar-refractivity contribution in [3.63, 3.8) is 0 Å². The fourth-order valence-corrected chi connectivity index (χ4v) is 2.75. The van der Waals surface area contributed by atoms with E-state index in [1.807, 2.05) is 4.80 Å². The Kier molecular flexibility index (Phi) is 2.86. The van der Waals surface area contributed by atoms with Gasteiger partial charge in [0, 0.05) is 0 Å². The first-order chi connectivity index (χ1) is 7.93. The fourth-order valence-electron chi connectivity index (χ4n) is 2.75. The predicted molar refractivity (Wildman–Crippen MR) is 59.9 cm³/mol. The molecule has 1 aromatic rings. The summed E-state index contributed by atoms with van der Waals surface area (Å²) in [6.07, 6.45) is 8.79. The molecule has 0 spiro atoms. The van der Waals surface area contributed by atoms with Gasteiger partial charge in [0.25, 0.3) is 0 Å². The molecule has 1 unspecified atom stereocenters. The zero-order valence-electron chi connectivity index (χ0n) is 9.60. The van der Waals surface area contributed by atoms with Crippen molar-refractivity contribution in [1.29, 1.82) is 0 Å². The molecular weight excluding hydrogens is 202 g/mol. The van der Waals surface area contributed by atoms with Crippen molar-refractivity contribution in [3.8, 4) is 0 Å². The number of nitrogens with one attached hydrogen (secondary N) is 1. The molecule has 3 rings (SSSR count). The van der Waals surface area contributed by atoms with Crippen LogP contribution in [0.4, 0.5) is 0 Å². The van der Waals surface area contributed by atoms with E-state index in [1.54, 1.807) is 0 Å². The monoisotopic (exact) mass is 221 g/mol. The third-order valence-electron chi connectivity index (χ3n) is 3.72. The molecule has 0 aromatic carbocycles. The average molecular weight is 221 g/mol. The van der Waals surface area contributed by atoms with E-state index in [0.717, 1.165) is 18.8 Å². The van der Waals surface area contributed by atoms with E-state index in [0.29, 0.717) is 12.1 Å². The predicted octanol–water partition coefficient (Wildman–Crippen LogP) is 1.60. The average Bonchev–Trinajstić information content (AvgIpc) is 3.01. The summed E-state index contributed by atoms with van der Waals surface area (Å²) in [5.41, 5.74) is 0. The summed E-state index contributed by atoms with van der Waals surface area (Å²) in [7, 11) is 0. The van der Waals surface area contributed by atoms with Gasteiger partial charge in [0.05, 0.1) is 12.1 Å². The van der Waals surface area contributed by atoms with Crippen LogP contribution in [0.2, 0.25) is 0 Å². The van der Waals surface area contributed by atoms with Crippen LogP contribution in [0.1, 0.15) is 62.9 Å². The molecule has 2 fully saturated rings. The minimum Gasteiger partial charge on any atom is -0.307 e. The lowest BCUT2D eigenvalue weighted by atomic mass is 9.96. The number of nitrogens with zero attached hydrogens (tertiary/aromatic N) is 4. The summed E-state index contributed by atoms with van der Waals surface area (Å²) < 4.78 is 0. The molecule has 1 aliphatic heterocycles. The van der Waals surface area contributed by atoms with Gasteiger partial charge in [-0.25, -0.2) is 0 Å². The van der Waals surface area contributed by atoms with Crippen LogP contribution in [0, 0.1) is 0 Å². The molecule has 5 nitrogen and oxygen atoms in total. The van der Waals surface area contributed by atoms with Crippen molar-refractivity contribution in [2.24, 2.45) is 0 Å². The maximum absolute atomic E-state index is 4.55. The second kappa shape index (κ2) is 4.49. The van der Waals surface area contributed by atoms with Crippen LogP contribution < -0.4 is 5.32 Å². The van der Waals surface area contributed by atoms with Crippen LogP contribution in [0.3, 0.4) is 0 Å². The molecule has 1 aromatic heterocycles. The zero-order valence-corrected chi connectivity index (χ0v) is 9.60. The quantitative estimate of drug-likeness (QED) is 0.824. The van der Waals surface area contributed by atoms with Crippen molar-refractivity contribution < 1.29 is 0 Å².